The second-order valence-corrected chi connectivity index (χ2v) is 11.8. The Labute approximate surface area is 221 Å². The molecule has 0 saturated carbocycles. The summed E-state index contributed by atoms with van der Waals surface area (Å²) in [5.74, 6) is 0.328. The van der Waals surface area contributed by atoms with Gasteiger partial charge in [-0.1, -0.05) is 18.2 Å². The van der Waals surface area contributed by atoms with Crippen LogP contribution < -0.4 is 15.0 Å². The van der Waals surface area contributed by atoms with E-state index in [2.05, 4.69) is 25.1 Å². The molecule has 9 heteroatoms. The molecular weight excluding hydrogens is 487 g/mol. The first-order chi connectivity index (χ1) is 18.1. The van der Waals surface area contributed by atoms with Gasteiger partial charge in [0, 0.05) is 41.8 Å². The van der Waals surface area contributed by atoms with Gasteiger partial charge in [-0.05, 0) is 63.9 Å². The number of thioether (sulfide) groups is 1. The van der Waals surface area contributed by atoms with Crippen molar-refractivity contribution in [3.63, 3.8) is 0 Å². The molecule has 7 rings (SSSR count). The van der Waals surface area contributed by atoms with Gasteiger partial charge in [-0.15, -0.1) is 11.8 Å². The monoisotopic (exact) mass is 520 g/mol. The highest BCUT2D eigenvalue weighted by Crippen LogP contribution is 2.40. The quantitative estimate of drug-likeness (QED) is 0.477. The molecule has 6 heterocycles. The molecule has 37 heavy (non-hydrogen) atoms. The highest BCUT2D eigenvalue weighted by atomic mass is 32.2. The molecule has 0 amide bonds. The smallest absolute Gasteiger partial charge is 0.319 e. The van der Waals surface area contributed by atoms with Gasteiger partial charge in [-0.3, -0.25) is 9.88 Å². The molecule has 1 aromatic carbocycles. The Hall–Kier alpha value is -2.49. The van der Waals surface area contributed by atoms with E-state index < -0.39 is 5.82 Å². The molecule has 2 atom stereocenters. The number of nitrogens with one attached hydrogen (secondary N) is 1. The number of fused-ring (bicyclic) bond motifs is 4. The maximum Gasteiger partial charge on any atom is 0.319 e. The molecule has 2 bridgehead atoms. The molecule has 2 aromatic heterocycles. The van der Waals surface area contributed by atoms with Crippen LogP contribution in [0.4, 0.5) is 10.2 Å². The molecule has 0 spiro atoms. The number of piperazine rings is 1. The summed E-state index contributed by atoms with van der Waals surface area (Å²) in [5.41, 5.74) is 1.47. The zero-order valence-corrected chi connectivity index (χ0v) is 22.1. The van der Waals surface area contributed by atoms with Gasteiger partial charge < -0.3 is 15.0 Å². The zero-order chi connectivity index (χ0) is 25.0. The predicted molar refractivity (Wildman–Crippen MR) is 145 cm³/mol. The number of ether oxygens (including phenoxy) is 1. The van der Waals surface area contributed by atoms with Gasteiger partial charge in [0.05, 0.1) is 10.9 Å². The van der Waals surface area contributed by atoms with E-state index in [-0.39, 0.29) is 11.5 Å². The number of anilines is 1. The molecule has 4 aliphatic heterocycles. The molecule has 4 aliphatic rings. The van der Waals surface area contributed by atoms with Crippen LogP contribution in [0.25, 0.3) is 22.2 Å². The lowest BCUT2D eigenvalue weighted by Gasteiger charge is -2.34. The normalized spacial score (nSPS) is 24.6. The summed E-state index contributed by atoms with van der Waals surface area (Å²) in [6.07, 6.45) is 10.8. The Morgan fingerprint density at radius 1 is 1.11 bits per heavy atom. The summed E-state index contributed by atoms with van der Waals surface area (Å²) in [7, 11) is 0. The lowest BCUT2D eigenvalue weighted by atomic mass is 9.95. The predicted octanol–water partition coefficient (Wildman–Crippen LogP) is 4.50. The fourth-order valence-electron chi connectivity index (χ4n) is 6.99. The summed E-state index contributed by atoms with van der Waals surface area (Å²) >= 11 is 1.59. The number of hydrogen-bond acceptors (Lipinski definition) is 8. The summed E-state index contributed by atoms with van der Waals surface area (Å²) in [6, 6.07) is 8.95. The Kier molecular flexibility index (Phi) is 5.97. The van der Waals surface area contributed by atoms with Crippen LogP contribution >= 0.6 is 11.8 Å². The maximum atomic E-state index is 16.3. The SMILES string of the molecule is CSc1ccccc1-c1ncc2c(N3CC4CCC(C3)N4)nc(OCC34CCCN3CCC4)nc2c1F. The van der Waals surface area contributed by atoms with Gasteiger partial charge in [-0.2, -0.15) is 9.97 Å². The summed E-state index contributed by atoms with van der Waals surface area (Å²) in [5, 5.41) is 4.33. The van der Waals surface area contributed by atoms with E-state index in [0.717, 1.165) is 68.1 Å². The van der Waals surface area contributed by atoms with E-state index >= 15 is 4.39 Å². The van der Waals surface area contributed by atoms with E-state index in [0.29, 0.717) is 35.3 Å². The molecular formula is C28H33FN6OS. The topological polar surface area (TPSA) is 66.4 Å². The van der Waals surface area contributed by atoms with Gasteiger partial charge in [0.15, 0.2) is 5.82 Å². The minimum absolute atomic E-state index is 0.0753. The third-order valence-corrected chi connectivity index (χ3v) is 9.60. The highest BCUT2D eigenvalue weighted by Gasteiger charge is 2.45. The van der Waals surface area contributed by atoms with Crippen LogP contribution in [0.3, 0.4) is 0 Å². The van der Waals surface area contributed by atoms with Crippen molar-refractivity contribution < 1.29 is 9.13 Å². The van der Waals surface area contributed by atoms with Crippen molar-refractivity contribution in [2.24, 2.45) is 0 Å². The van der Waals surface area contributed by atoms with Crippen molar-refractivity contribution in [2.45, 2.75) is 61.0 Å². The van der Waals surface area contributed by atoms with E-state index in [4.69, 9.17) is 9.72 Å². The van der Waals surface area contributed by atoms with Crippen molar-refractivity contribution in [3.8, 4) is 17.3 Å². The number of hydrogen-bond donors (Lipinski definition) is 1. The summed E-state index contributed by atoms with van der Waals surface area (Å²) < 4.78 is 22.6. The molecule has 0 radical (unpaired) electrons. The Morgan fingerprint density at radius 2 is 1.86 bits per heavy atom. The number of benzene rings is 1. The van der Waals surface area contributed by atoms with Crippen LogP contribution in [-0.2, 0) is 0 Å². The van der Waals surface area contributed by atoms with E-state index in [1.54, 1.807) is 18.0 Å². The number of pyridine rings is 1. The van der Waals surface area contributed by atoms with Gasteiger partial charge in [0.2, 0.25) is 0 Å². The van der Waals surface area contributed by atoms with Gasteiger partial charge in [0.25, 0.3) is 0 Å². The van der Waals surface area contributed by atoms with Crippen LogP contribution in [0.2, 0.25) is 0 Å². The van der Waals surface area contributed by atoms with E-state index in [1.165, 1.54) is 12.8 Å². The van der Waals surface area contributed by atoms with Crippen molar-refractivity contribution >= 4 is 28.5 Å². The minimum atomic E-state index is -0.410. The first-order valence-corrected chi connectivity index (χ1v) is 14.7. The van der Waals surface area contributed by atoms with Crippen LogP contribution in [0.1, 0.15) is 38.5 Å². The fourth-order valence-corrected chi connectivity index (χ4v) is 7.58. The third kappa shape index (κ3) is 4.06. The average Bonchev–Trinajstić information content (AvgIpc) is 3.61. The summed E-state index contributed by atoms with van der Waals surface area (Å²) in [4.78, 5) is 20.0. The molecule has 7 nitrogen and oxygen atoms in total. The van der Waals surface area contributed by atoms with Crippen molar-refractivity contribution in [3.05, 3.63) is 36.3 Å². The minimum Gasteiger partial charge on any atom is -0.461 e. The van der Waals surface area contributed by atoms with Gasteiger partial charge in [0.1, 0.15) is 23.6 Å². The number of halogens is 1. The lowest BCUT2D eigenvalue weighted by Crippen LogP contribution is -2.51. The second kappa shape index (κ2) is 9.36. The second-order valence-electron chi connectivity index (χ2n) is 11.0. The van der Waals surface area contributed by atoms with E-state index in [9.17, 15) is 0 Å². The third-order valence-electron chi connectivity index (χ3n) is 8.80. The van der Waals surface area contributed by atoms with Crippen LogP contribution in [0, 0.1) is 5.82 Å². The first-order valence-electron chi connectivity index (χ1n) is 13.5. The largest absolute Gasteiger partial charge is 0.461 e. The van der Waals surface area contributed by atoms with Crippen molar-refractivity contribution in [1.82, 2.24) is 25.2 Å². The Morgan fingerprint density at radius 3 is 2.62 bits per heavy atom. The van der Waals surface area contributed by atoms with Gasteiger partial charge >= 0.3 is 6.01 Å². The first kappa shape index (κ1) is 23.6. The standard InChI is InChI=1S/C28H33FN6OS/c1-37-22-7-3-2-6-20(22)24-23(29)25-21(14-30-24)26(34-15-18-8-9-19(16-34)31-18)33-27(32-25)36-17-28-10-4-12-35(28)13-5-11-28/h2-3,6-7,14,18-19,31H,4-5,8-13,15-17H2,1H3. The van der Waals surface area contributed by atoms with Crippen molar-refractivity contribution in [2.75, 3.05) is 43.9 Å². The summed E-state index contributed by atoms with van der Waals surface area (Å²) in [6.45, 7) is 4.51. The maximum absolute atomic E-state index is 16.3. The number of aromatic nitrogens is 3. The molecule has 2 unspecified atom stereocenters. The average molecular weight is 521 g/mol. The molecule has 3 aromatic rings. The lowest BCUT2D eigenvalue weighted by molar-refractivity contribution is 0.108. The number of nitrogens with zero attached hydrogens (tertiary/aromatic N) is 5. The van der Waals surface area contributed by atoms with Crippen molar-refractivity contribution in [1.29, 1.82) is 0 Å². The molecule has 194 valence electrons. The molecule has 4 saturated heterocycles. The Bertz CT molecular complexity index is 1320. The van der Waals surface area contributed by atoms with Crippen LogP contribution in [-0.4, -0.2) is 76.5 Å². The number of rotatable bonds is 6. The van der Waals surface area contributed by atoms with Crippen LogP contribution in [0.15, 0.2) is 35.4 Å². The molecule has 4 fully saturated rings. The van der Waals surface area contributed by atoms with Crippen LogP contribution in [0.5, 0.6) is 6.01 Å². The van der Waals surface area contributed by atoms with Gasteiger partial charge in [-0.25, -0.2) is 4.39 Å². The van der Waals surface area contributed by atoms with E-state index in [1.807, 2.05) is 30.5 Å². The zero-order valence-electron chi connectivity index (χ0n) is 21.3. The fraction of sp³-hybridized carbons (Fsp3) is 0.536. The molecule has 1 N–H and O–H groups in total. The Balaban J connectivity index is 1.31. The molecule has 0 aliphatic carbocycles. The highest BCUT2D eigenvalue weighted by molar-refractivity contribution is 7.98.